The number of hydrogen-bond donors (Lipinski definition) is 0. The Morgan fingerprint density at radius 2 is 1.62 bits per heavy atom. The highest BCUT2D eigenvalue weighted by Crippen LogP contribution is 2.33. The second kappa shape index (κ2) is 9.58. The van der Waals surface area contributed by atoms with Crippen LogP contribution in [0.2, 0.25) is 5.02 Å². The molecule has 0 radical (unpaired) electrons. The number of benzene rings is 3. The summed E-state index contributed by atoms with van der Waals surface area (Å²) in [4.78, 5) is 16.7. The van der Waals surface area contributed by atoms with E-state index in [4.69, 9.17) is 30.0 Å². The lowest BCUT2D eigenvalue weighted by Crippen LogP contribution is -2.10. The Morgan fingerprint density at radius 3 is 2.32 bits per heavy atom. The van der Waals surface area contributed by atoms with Gasteiger partial charge in [0.1, 0.15) is 10.6 Å². The van der Waals surface area contributed by atoms with Gasteiger partial charge in [0.25, 0.3) is 0 Å². The van der Waals surface area contributed by atoms with Gasteiger partial charge in [-0.3, -0.25) is 0 Å². The molecule has 1 aliphatic rings. The summed E-state index contributed by atoms with van der Waals surface area (Å²) in [6.07, 6.45) is 1.48. The van der Waals surface area contributed by atoms with Crippen LogP contribution >= 0.6 is 11.6 Å². The lowest BCUT2D eigenvalue weighted by Gasteiger charge is -2.11. The average molecular weight is 500 g/mol. The van der Waals surface area contributed by atoms with Crippen LogP contribution in [0.4, 0.5) is 0 Å². The number of aliphatic imine (C=N–C) groups is 1. The smallest absolute Gasteiger partial charge is 0.363 e. The number of rotatable bonds is 7. The molecule has 0 saturated carbocycles. The van der Waals surface area contributed by atoms with Crippen molar-refractivity contribution in [2.24, 2.45) is 4.99 Å². The Kier molecular flexibility index (Phi) is 6.58. The summed E-state index contributed by atoms with van der Waals surface area (Å²) in [5, 5.41) is 0.428. The molecule has 0 saturated heterocycles. The van der Waals surface area contributed by atoms with Gasteiger partial charge in [0.2, 0.25) is 5.90 Å². The van der Waals surface area contributed by atoms with Crippen molar-refractivity contribution in [2.45, 2.75) is 4.90 Å². The van der Waals surface area contributed by atoms with Crippen LogP contribution in [0.3, 0.4) is 0 Å². The van der Waals surface area contributed by atoms with Gasteiger partial charge in [-0.15, -0.1) is 0 Å². The van der Waals surface area contributed by atoms with E-state index >= 15 is 0 Å². The quantitative estimate of drug-likeness (QED) is 0.268. The van der Waals surface area contributed by atoms with Crippen LogP contribution in [0, 0.1) is 0 Å². The number of hydrogen-bond acceptors (Lipinski definition) is 8. The summed E-state index contributed by atoms with van der Waals surface area (Å²) < 4.78 is 46.2. The summed E-state index contributed by atoms with van der Waals surface area (Å²) in [6.45, 7) is 0. The van der Waals surface area contributed by atoms with Crippen molar-refractivity contribution in [1.29, 1.82) is 0 Å². The Labute approximate surface area is 201 Å². The number of esters is 1. The first-order chi connectivity index (χ1) is 16.3. The zero-order valence-corrected chi connectivity index (χ0v) is 19.6. The summed E-state index contributed by atoms with van der Waals surface area (Å²) in [5.41, 5.74) is 0.972. The minimum atomic E-state index is -4.05. The molecule has 3 aromatic rings. The van der Waals surface area contributed by atoms with Crippen molar-refractivity contribution in [1.82, 2.24) is 0 Å². The van der Waals surface area contributed by atoms with E-state index in [0.29, 0.717) is 21.9 Å². The number of cyclic esters (lactones) is 1. The van der Waals surface area contributed by atoms with Crippen molar-refractivity contribution in [3.05, 3.63) is 88.6 Å². The molecule has 0 amide bonds. The van der Waals surface area contributed by atoms with E-state index in [1.807, 2.05) is 0 Å². The number of methoxy groups -OCH3 is 2. The predicted molar refractivity (Wildman–Crippen MR) is 126 cm³/mol. The maximum absolute atomic E-state index is 12.5. The summed E-state index contributed by atoms with van der Waals surface area (Å²) in [5.74, 6) is -0.0178. The fourth-order valence-electron chi connectivity index (χ4n) is 3.13. The molecule has 1 heterocycles. The van der Waals surface area contributed by atoms with Gasteiger partial charge in [0.15, 0.2) is 17.2 Å². The number of carbonyl (C=O) groups is 1. The molecule has 0 aliphatic carbocycles. The van der Waals surface area contributed by atoms with Crippen molar-refractivity contribution >= 4 is 39.7 Å². The third kappa shape index (κ3) is 4.90. The van der Waals surface area contributed by atoms with Gasteiger partial charge in [-0.25, -0.2) is 9.79 Å². The van der Waals surface area contributed by atoms with Crippen LogP contribution in [-0.2, 0) is 19.6 Å². The SMILES string of the molecule is COc1cc(/C=C2\N=C(c3cc(Cl)ccc3OC)OC2=O)ccc1OS(=O)(=O)c1ccccc1. The Balaban J connectivity index is 1.64. The Bertz CT molecular complexity index is 1420. The molecule has 0 aromatic heterocycles. The van der Waals surface area contributed by atoms with Crippen LogP contribution in [0.25, 0.3) is 6.08 Å². The molecule has 0 spiro atoms. The molecule has 0 fully saturated rings. The molecule has 10 heteroatoms. The minimum absolute atomic E-state index is 0.00430. The van der Waals surface area contributed by atoms with Gasteiger partial charge in [-0.2, -0.15) is 8.42 Å². The van der Waals surface area contributed by atoms with Crippen LogP contribution in [0.15, 0.2) is 82.3 Å². The molecule has 0 N–H and O–H groups in total. The fraction of sp³-hybridized carbons (Fsp3) is 0.0833. The maximum Gasteiger partial charge on any atom is 0.363 e. The summed E-state index contributed by atoms with van der Waals surface area (Å²) in [7, 11) is -1.20. The Hall–Kier alpha value is -3.82. The standard InChI is InChI=1S/C24H18ClNO7S/c1-30-20-11-9-16(25)14-18(20)23-26-19(24(27)32-23)12-15-8-10-21(22(13-15)31-2)33-34(28,29)17-6-4-3-5-7-17/h3-14H,1-2H3/b19-12-. The van der Waals surface area contributed by atoms with Crippen LogP contribution in [0.5, 0.6) is 17.2 Å². The van der Waals surface area contributed by atoms with E-state index in [1.54, 1.807) is 42.5 Å². The molecule has 0 unspecified atom stereocenters. The largest absolute Gasteiger partial charge is 0.496 e. The van der Waals surface area contributed by atoms with E-state index in [0.717, 1.165) is 0 Å². The molecular weight excluding hydrogens is 482 g/mol. The zero-order chi connectivity index (χ0) is 24.3. The monoisotopic (exact) mass is 499 g/mol. The van der Waals surface area contributed by atoms with Crippen molar-refractivity contribution in [3.63, 3.8) is 0 Å². The number of ether oxygens (including phenoxy) is 3. The molecule has 174 valence electrons. The topological polar surface area (TPSA) is 100 Å². The number of nitrogens with zero attached hydrogens (tertiary/aromatic N) is 1. The first kappa shape index (κ1) is 23.3. The third-order valence-corrected chi connectivity index (χ3v) is 6.22. The van der Waals surface area contributed by atoms with Gasteiger partial charge >= 0.3 is 16.1 Å². The Morgan fingerprint density at radius 1 is 0.912 bits per heavy atom. The van der Waals surface area contributed by atoms with Gasteiger partial charge in [0.05, 0.1) is 19.8 Å². The predicted octanol–water partition coefficient (Wildman–Crippen LogP) is 4.47. The van der Waals surface area contributed by atoms with E-state index < -0.39 is 16.1 Å². The highest BCUT2D eigenvalue weighted by molar-refractivity contribution is 7.87. The normalized spacial score (nSPS) is 14.5. The minimum Gasteiger partial charge on any atom is -0.496 e. The van der Waals surface area contributed by atoms with Crippen molar-refractivity contribution in [3.8, 4) is 17.2 Å². The van der Waals surface area contributed by atoms with Crippen LogP contribution in [-0.4, -0.2) is 34.5 Å². The van der Waals surface area contributed by atoms with Crippen molar-refractivity contribution in [2.75, 3.05) is 14.2 Å². The van der Waals surface area contributed by atoms with Gasteiger partial charge < -0.3 is 18.4 Å². The lowest BCUT2D eigenvalue weighted by atomic mass is 10.1. The number of carbonyl (C=O) groups excluding carboxylic acids is 1. The summed E-state index contributed by atoms with van der Waals surface area (Å²) >= 11 is 6.05. The second-order valence-electron chi connectivity index (χ2n) is 6.94. The van der Waals surface area contributed by atoms with Crippen LogP contribution in [0.1, 0.15) is 11.1 Å². The first-order valence-corrected chi connectivity index (χ1v) is 11.6. The van der Waals surface area contributed by atoms with Gasteiger partial charge in [-0.1, -0.05) is 35.9 Å². The molecule has 0 atom stereocenters. The van der Waals surface area contributed by atoms with Gasteiger partial charge in [-0.05, 0) is 54.1 Å². The van der Waals surface area contributed by atoms with E-state index in [1.165, 1.54) is 44.6 Å². The molecule has 34 heavy (non-hydrogen) atoms. The lowest BCUT2D eigenvalue weighted by molar-refractivity contribution is -0.129. The van der Waals surface area contributed by atoms with Crippen LogP contribution < -0.4 is 13.7 Å². The van der Waals surface area contributed by atoms with Gasteiger partial charge in [0, 0.05) is 5.02 Å². The molecule has 1 aliphatic heterocycles. The fourth-order valence-corrected chi connectivity index (χ4v) is 4.26. The van der Waals surface area contributed by atoms with E-state index in [-0.39, 0.29) is 28.0 Å². The maximum atomic E-state index is 12.5. The highest BCUT2D eigenvalue weighted by atomic mass is 35.5. The molecule has 0 bridgehead atoms. The average Bonchev–Trinajstić information content (AvgIpc) is 3.20. The molecule has 4 rings (SSSR count). The highest BCUT2D eigenvalue weighted by Gasteiger charge is 2.27. The molecule has 3 aromatic carbocycles. The zero-order valence-electron chi connectivity index (χ0n) is 18.0. The third-order valence-electron chi connectivity index (χ3n) is 4.73. The summed E-state index contributed by atoms with van der Waals surface area (Å²) in [6, 6.07) is 17.1. The first-order valence-electron chi connectivity index (χ1n) is 9.85. The number of halogens is 1. The van der Waals surface area contributed by atoms with Crippen molar-refractivity contribution < 1.29 is 31.6 Å². The molecular formula is C24H18ClNO7S. The van der Waals surface area contributed by atoms with E-state index in [9.17, 15) is 13.2 Å². The second-order valence-corrected chi connectivity index (χ2v) is 8.92. The molecule has 8 nitrogen and oxygen atoms in total. The van der Waals surface area contributed by atoms with E-state index in [2.05, 4.69) is 4.99 Å².